The molecule has 6 nitrogen and oxygen atoms in total. The number of rotatable bonds is 4. The van der Waals surface area contributed by atoms with Crippen LogP contribution in [-0.2, 0) is 6.54 Å². The summed E-state index contributed by atoms with van der Waals surface area (Å²) in [5.74, 6) is -0.351. The SMILES string of the molecule is O=[N+]([O-])c1cc(O)ccc1NCc1cc(Cl)cc(Cl)c1O. The molecule has 0 atom stereocenters. The summed E-state index contributed by atoms with van der Waals surface area (Å²) in [6.07, 6.45) is 0. The highest BCUT2D eigenvalue weighted by Crippen LogP contribution is 2.33. The lowest BCUT2D eigenvalue weighted by Gasteiger charge is -2.10. The first-order valence-corrected chi connectivity index (χ1v) is 6.52. The first-order chi connectivity index (χ1) is 9.88. The molecule has 0 amide bonds. The first kappa shape index (κ1) is 15.2. The van der Waals surface area contributed by atoms with Gasteiger partial charge in [-0.2, -0.15) is 0 Å². The van der Waals surface area contributed by atoms with Crippen LogP contribution in [0.15, 0.2) is 30.3 Å². The number of aromatic hydroxyl groups is 2. The van der Waals surface area contributed by atoms with Crippen molar-refractivity contribution in [2.75, 3.05) is 5.32 Å². The summed E-state index contributed by atoms with van der Waals surface area (Å²) in [7, 11) is 0. The quantitative estimate of drug-likeness (QED) is 0.449. The van der Waals surface area contributed by atoms with E-state index in [-0.39, 0.29) is 34.4 Å². The number of nitro groups is 1. The maximum absolute atomic E-state index is 10.9. The molecule has 0 saturated carbocycles. The molecule has 110 valence electrons. The number of halogens is 2. The summed E-state index contributed by atoms with van der Waals surface area (Å²) in [5, 5.41) is 33.3. The Labute approximate surface area is 129 Å². The summed E-state index contributed by atoms with van der Waals surface area (Å²) in [6.45, 7) is 0.0811. The average Bonchev–Trinajstić information content (AvgIpc) is 2.42. The van der Waals surface area contributed by atoms with Gasteiger partial charge in [-0.15, -0.1) is 0 Å². The number of phenols is 2. The van der Waals surface area contributed by atoms with Crippen molar-refractivity contribution in [2.24, 2.45) is 0 Å². The maximum atomic E-state index is 10.9. The number of nitrogens with zero attached hydrogens (tertiary/aromatic N) is 1. The number of benzene rings is 2. The van der Waals surface area contributed by atoms with Crippen molar-refractivity contribution < 1.29 is 15.1 Å². The van der Waals surface area contributed by atoms with Crippen LogP contribution in [0, 0.1) is 10.1 Å². The molecule has 3 N–H and O–H groups in total. The molecule has 0 bridgehead atoms. The Bertz CT molecular complexity index is 707. The highest BCUT2D eigenvalue weighted by molar-refractivity contribution is 6.35. The molecule has 0 fully saturated rings. The minimum absolute atomic E-state index is 0.0811. The third-order valence-corrected chi connectivity index (χ3v) is 3.26. The summed E-state index contributed by atoms with van der Waals surface area (Å²) in [5.41, 5.74) is 0.325. The van der Waals surface area contributed by atoms with Gasteiger partial charge in [-0.05, 0) is 24.3 Å². The number of nitrogens with one attached hydrogen (secondary N) is 1. The van der Waals surface area contributed by atoms with Crippen LogP contribution >= 0.6 is 23.2 Å². The van der Waals surface area contributed by atoms with E-state index in [1.54, 1.807) is 0 Å². The van der Waals surface area contributed by atoms with Crippen LogP contribution in [-0.4, -0.2) is 15.1 Å². The third-order valence-electron chi connectivity index (χ3n) is 2.75. The second-order valence-corrected chi connectivity index (χ2v) is 5.05. The van der Waals surface area contributed by atoms with Gasteiger partial charge in [-0.3, -0.25) is 10.1 Å². The molecular formula is C13H10Cl2N2O4. The highest BCUT2D eigenvalue weighted by Gasteiger charge is 2.15. The molecule has 0 radical (unpaired) electrons. The number of phenolic OH excluding ortho intramolecular Hbond substituents is 2. The summed E-state index contributed by atoms with van der Waals surface area (Å²) < 4.78 is 0. The van der Waals surface area contributed by atoms with Gasteiger partial charge >= 0.3 is 0 Å². The largest absolute Gasteiger partial charge is 0.508 e. The van der Waals surface area contributed by atoms with E-state index in [1.165, 1.54) is 24.3 Å². The van der Waals surface area contributed by atoms with Crippen LogP contribution in [0.2, 0.25) is 10.0 Å². The lowest BCUT2D eigenvalue weighted by atomic mass is 10.2. The van der Waals surface area contributed by atoms with Gasteiger partial charge in [-0.1, -0.05) is 23.2 Å². The van der Waals surface area contributed by atoms with E-state index < -0.39 is 4.92 Å². The molecule has 21 heavy (non-hydrogen) atoms. The number of hydrogen-bond acceptors (Lipinski definition) is 5. The van der Waals surface area contributed by atoms with E-state index >= 15 is 0 Å². The number of hydrogen-bond donors (Lipinski definition) is 3. The summed E-state index contributed by atoms with van der Waals surface area (Å²) in [4.78, 5) is 10.3. The normalized spacial score (nSPS) is 10.4. The van der Waals surface area contributed by atoms with Crippen LogP contribution < -0.4 is 5.32 Å². The Kier molecular flexibility index (Phi) is 4.40. The van der Waals surface area contributed by atoms with Gasteiger partial charge in [0.2, 0.25) is 0 Å². The predicted octanol–water partition coefficient (Wildman–Crippen LogP) is 3.92. The van der Waals surface area contributed by atoms with Gasteiger partial charge in [0, 0.05) is 17.1 Å². The fourth-order valence-corrected chi connectivity index (χ4v) is 2.30. The van der Waals surface area contributed by atoms with Crippen molar-refractivity contribution in [1.82, 2.24) is 0 Å². The predicted molar refractivity (Wildman–Crippen MR) is 80.2 cm³/mol. The Morgan fingerprint density at radius 1 is 1.19 bits per heavy atom. The van der Waals surface area contributed by atoms with Crippen molar-refractivity contribution in [2.45, 2.75) is 6.54 Å². The smallest absolute Gasteiger partial charge is 0.296 e. The van der Waals surface area contributed by atoms with Crippen molar-refractivity contribution in [3.05, 3.63) is 56.1 Å². The van der Waals surface area contributed by atoms with Crippen molar-refractivity contribution >= 4 is 34.6 Å². The van der Waals surface area contributed by atoms with Gasteiger partial charge in [0.1, 0.15) is 17.2 Å². The lowest BCUT2D eigenvalue weighted by Crippen LogP contribution is -2.03. The minimum Gasteiger partial charge on any atom is -0.508 e. The molecule has 8 heteroatoms. The van der Waals surface area contributed by atoms with E-state index in [0.29, 0.717) is 10.6 Å². The number of nitro benzene ring substituents is 1. The molecule has 0 aliphatic heterocycles. The van der Waals surface area contributed by atoms with Crippen LogP contribution in [0.1, 0.15) is 5.56 Å². The van der Waals surface area contributed by atoms with Crippen LogP contribution in [0.25, 0.3) is 0 Å². The second-order valence-electron chi connectivity index (χ2n) is 4.21. The molecule has 0 aliphatic carbocycles. The van der Waals surface area contributed by atoms with Crippen LogP contribution in [0.4, 0.5) is 11.4 Å². The minimum atomic E-state index is -0.618. The zero-order valence-electron chi connectivity index (χ0n) is 10.5. The molecule has 2 aromatic rings. The lowest BCUT2D eigenvalue weighted by molar-refractivity contribution is -0.384. The molecule has 0 aliphatic rings. The number of anilines is 1. The van der Waals surface area contributed by atoms with Crippen molar-refractivity contribution in [3.8, 4) is 11.5 Å². The van der Waals surface area contributed by atoms with Crippen molar-refractivity contribution in [1.29, 1.82) is 0 Å². The summed E-state index contributed by atoms with van der Waals surface area (Å²) >= 11 is 11.6. The zero-order chi connectivity index (χ0) is 15.6. The highest BCUT2D eigenvalue weighted by atomic mass is 35.5. The Morgan fingerprint density at radius 2 is 1.90 bits per heavy atom. The maximum Gasteiger partial charge on any atom is 0.296 e. The van der Waals surface area contributed by atoms with Gasteiger partial charge in [0.25, 0.3) is 5.69 Å². The molecule has 2 rings (SSSR count). The van der Waals surface area contributed by atoms with Crippen molar-refractivity contribution in [3.63, 3.8) is 0 Å². The zero-order valence-corrected chi connectivity index (χ0v) is 12.0. The fourth-order valence-electron chi connectivity index (χ4n) is 1.77. The third kappa shape index (κ3) is 3.48. The van der Waals surface area contributed by atoms with Gasteiger partial charge in [-0.25, -0.2) is 0 Å². The van der Waals surface area contributed by atoms with Gasteiger partial charge in [0.05, 0.1) is 16.0 Å². The Balaban J connectivity index is 2.27. The Morgan fingerprint density at radius 3 is 2.57 bits per heavy atom. The van der Waals surface area contributed by atoms with E-state index in [2.05, 4.69) is 5.32 Å². The topological polar surface area (TPSA) is 95.6 Å². The molecule has 0 spiro atoms. The second kappa shape index (κ2) is 6.07. The molecule has 0 aromatic heterocycles. The molecule has 0 saturated heterocycles. The van der Waals surface area contributed by atoms with Crippen LogP contribution in [0.5, 0.6) is 11.5 Å². The molecule has 2 aromatic carbocycles. The van der Waals surface area contributed by atoms with E-state index in [4.69, 9.17) is 23.2 Å². The summed E-state index contributed by atoms with van der Waals surface area (Å²) in [6, 6.07) is 6.62. The molecular weight excluding hydrogens is 319 g/mol. The van der Waals surface area contributed by atoms with E-state index in [9.17, 15) is 20.3 Å². The standard InChI is InChI=1S/C13H10Cl2N2O4/c14-8-3-7(13(19)10(15)4-8)6-16-11-2-1-9(18)5-12(11)17(20)21/h1-5,16,18-19H,6H2. The van der Waals surface area contributed by atoms with Gasteiger partial charge in [0.15, 0.2) is 0 Å². The molecule has 0 heterocycles. The first-order valence-electron chi connectivity index (χ1n) is 5.76. The van der Waals surface area contributed by atoms with E-state index in [1.807, 2.05) is 0 Å². The van der Waals surface area contributed by atoms with E-state index in [0.717, 1.165) is 6.07 Å². The average molecular weight is 329 g/mol. The fraction of sp³-hybridized carbons (Fsp3) is 0.0769. The Hall–Kier alpha value is -2.18. The molecule has 0 unspecified atom stereocenters. The monoisotopic (exact) mass is 328 g/mol. The van der Waals surface area contributed by atoms with Gasteiger partial charge < -0.3 is 15.5 Å². The van der Waals surface area contributed by atoms with Crippen LogP contribution in [0.3, 0.4) is 0 Å².